The molecule has 1 fully saturated rings. The van der Waals surface area contributed by atoms with Gasteiger partial charge in [-0.1, -0.05) is 46.5 Å². The molecule has 0 aliphatic carbocycles. The summed E-state index contributed by atoms with van der Waals surface area (Å²) in [4.78, 5) is 2.70. The molecule has 1 nitrogen and oxygen atoms in total. The van der Waals surface area contributed by atoms with Crippen molar-refractivity contribution in [2.75, 3.05) is 19.6 Å². The maximum Gasteiger partial charge on any atom is -0.00161 e. The molecule has 1 rings (SSSR count). The average Bonchev–Trinajstić information content (AvgIpc) is 2.44. The van der Waals surface area contributed by atoms with E-state index in [0.29, 0.717) is 0 Å². The zero-order valence-corrected chi connectivity index (χ0v) is 11.7. The van der Waals surface area contributed by atoms with Crippen LogP contribution in [0.15, 0.2) is 0 Å². The van der Waals surface area contributed by atoms with Crippen LogP contribution in [0.2, 0.25) is 0 Å². The van der Waals surface area contributed by atoms with E-state index >= 15 is 0 Å². The second-order valence-electron chi connectivity index (χ2n) is 5.79. The van der Waals surface area contributed by atoms with Crippen molar-refractivity contribution in [3.8, 4) is 0 Å². The van der Waals surface area contributed by atoms with Gasteiger partial charge in [0.05, 0.1) is 0 Å². The monoisotopic (exact) mass is 225 g/mol. The Bertz CT molecular complexity index is 155. The summed E-state index contributed by atoms with van der Waals surface area (Å²) in [6.45, 7) is 11.2. The van der Waals surface area contributed by atoms with Gasteiger partial charge in [0.1, 0.15) is 0 Å². The lowest BCUT2D eigenvalue weighted by Crippen LogP contribution is -2.26. The first kappa shape index (κ1) is 14.0. The normalized spacial score (nSPS) is 27.9. The molecule has 0 aromatic heterocycles. The van der Waals surface area contributed by atoms with Gasteiger partial charge in [0.15, 0.2) is 0 Å². The third-order valence-corrected chi connectivity index (χ3v) is 4.35. The van der Waals surface area contributed by atoms with Crippen LogP contribution in [-0.2, 0) is 0 Å². The van der Waals surface area contributed by atoms with E-state index in [2.05, 4.69) is 25.7 Å². The van der Waals surface area contributed by atoms with Crippen LogP contribution in [0.1, 0.15) is 65.7 Å². The number of rotatable bonds is 6. The van der Waals surface area contributed by atoms with Gasteiger partial charge in [-0.05, 0) is 50.7 Å². The third-order valence-electron chi connectivity index (χ3n) is 4.35. The van der Waals surface area contributed by atoms with Crippen LogP contribution in [-0.4, -0.2) is 24.5 Å². The van der Waals surface area contributed by atoms with Crippen molar-refractivity contribution in [2.24, 2.45) is 11.8 Å². The molecule has 16 heavy (non-hydrogen) atoms. The van der Waals surface area contributed by atoms with Crippen LogP contribution in [0.3, 0.4) is 0 Å². The number of unbranched alkanes of at least 4 members (excludes halogenated alkanes) is 4. The Balaban J connectivity index is 2.08. The van der Waals surface area contributed by atoms with E-state index in [1.54, 1.807) is 0 Å². The molecule has 0 saturated carbocycles. The molecular weight excluding hydrogens is 194 g/mol. The number of hydrogen-bond acceptors (Lipinski definition) is 1. The van der Waals surface area contributed by atoms with Crippen LogP contribution >= 0.6 is 0 Å². The highest BCUT2D eigenvalue weighted by molar-refractivity contribution is 4.72. The summed E-state index contributed by atoms with van der Waals surface area (Å²) >= 11 is 0. The molecule has 0 aromatic carbocycles. The quantitative estimate of drug-likeness (QED) is 0.608. The average molecular weight is 225 g/mol. The smallest absolute Gasteiger partial charge is 0.00161 e. The van der Waals surface area contributed by atoms with Crippen molar-refractivity contribution in [3.63, 3.8) is 0 Å². The zero-order valence-electron chi connectivity index (χ0n) is 11.7. The van der Waals surface area contributed by atoms with E-state index in [1.807, 2.05) is 0 Å². The second-order valence-corrected chi connectivity index (χ2v) is 5.79. The van der Waals surface area contributed by atoms with Crippen molar-refractivity contribution < 1.29 is 0 Å². The van der Waals surface area contributed by atoms with Gasteiger partial charge in [0.2, 0.25) is 0 Å². The van der Waals surface area contributed by atoms with Crippen LogP contribution in [0.5, 0.6) is 0 Å². The van der Waals surface area contributed by atoms with Gasteiger partial charge in [-0.15, -0.1) is 0 Å². The lowest BCUT2D eigenvalue weighted by atomic mass is 9.92. The summed E-state index contributed by atoms with van der Waals surface area (Å²) in [6, 6.07) is 0. The largest absolute Gasteiger partial charge is 0.303 e. The molecule has 0 N–H and O–H groups in total. The van der Waals surface area contributed by atoms with Crippen molar-refractivity contribution in [1.29, 1.82) is 0 Å². The van der Waals surface area contributed by atoms with E-state index < -0.39 is 0 Å². The summed E-state index contributed by atoms with van der Waals surface area (Å²) in [5.74, 6) is 1.87. The highest BCUT2D eigenvalue weighted by Crippen LogP contribution is 2.23. The summed E-state index contributed by atoms with van der Waals surface area (Å²) in [6.07, 6.45) is 9.91. The molecule has 96 valence electrons. The maximum atomic E-state index is 2.70. The van der Waals surface area contributed by atoms with Crippen LogP contribution in [0.25, 0.3) is 0 Å². The fourth-order valence-electron chi connectivity index (χ4n) is 2.62. The summed E-state index contributed by atoms with van der Waals surface area (Å²) < 4.78 is 0. The Morgan fingerprint density at radius 1 is 0.875 bits per heavy atom. The predicted octanol–water partition coefficient (Wildman–Crippen LogP) is 4.32. The van der Waals surface area contributed by atoms with Gasteiger partial charge in [0, 0.05) is 0 Å². The third kappa shape index (κ3) is 5.34. The van der Waals surface area contributed by atoms with E-state index in [1.165, 1.54) is 64.6 Å². The molecule has 0 spiro atoms. The highest BCUT2D eigenvalue weighted by atomic mass is 15.1. The molecule has 2 atom stereocenters. The van der Waals surface area contributed by atoms with Crippen LogP contribution in [0, 0.1) is 11.8 Å². The van der Waals surface area contributed by atoms with Crippen LogP contribution < -0.4 is 0 Å². The zero-order chi connectivity index (χ0) is 11.8. The SMILES string of the molecule is CCCCCCCN1CCC(C)[C@@H](C)CC1. The molecule has 1 unspecified atom stereocenters. The molecule has 1 aliphatic rings. The van der Waals surface area contributed by atoms with Gasteiger partial charge in [-0.2, -0.15) is 0 Å². The number of nitrogens with zero attached hydrogens (tertiary/aromatic N) is 1. The molecule has 0 amide bonds. The summed E-state index contributed by atoms with van der Waals surface area (Å²) in [7, 11) is 0. The van der Waals surface area contributed by atoms with Crippen molar-refractivity contribution in [1.82, 2.24) is 4.90 Å². The lowest BCUT2D eigenvalue weighted by Gasteiger charge is -2.19. The van der Waals surface area contributed by atoms with Gasteiger partial charge >= 0.3 is 0 Å². The van der Waals surface area contributed by atoms with E-state index in [9.17, 15) is 0 Å². The fourth-order valence-corrected chi connectivity index (χ4v) is 2.62. The molecule has 1 heteroatoms. The fraction of sp³-hybridized carbons (Fsp3) is 1.00. The minimum Gasteiger partial charge on any atom is -0.303 e. The minimum atomic E-state index is 0.935. The maximum absolute atomic E-state index is 2.70. The van der Waals surface area contributed by atoms with E-state index in [4.69, 9.17) is 0 Å². The Hall–Kier alpha value is -0.0400. The Labute approximate surface area is 103 Å². The Kier molecular flexibility index (Phi) is 7.11. The van der Waals surface area contributed by atoms with Crippen molar-refractivity contribution in [2.45, 2.75) is 65.7 Å². The van der Waals surface area contributed by atoms with Crippen molar-refractivity contribution in [3.05, 3.63) is 0 Å². The number of hydrogen-bond donors (Lipinski definition) is 0. The van der Waals surface area contributed by atoms with Crippen molar-refractivity contribution >= 4 is 0 Å². The molecule has 0 bridgehead atoms. The predicted molar refractivity (Wildman–Crippen MR) is 72.8 cm³/mol. The summed E-state index contributed by atoms with van der Waals surface area (Å²) in [5.41, 5.74) is 0. The van der Waals surface area contributed by atoms with Gasteiger partial charge in [-0.25, -0.2) is 0 Å². The first-order valence-electron chi connectivity index (χ1n) is 7.46. The number of likely N-dealkylation sites (tertiary alicyclic amines) is 1. The Morgan fingerprint density at radius 3 is 2.00 bits per heavy atom. The van der Waals surface area contributed by atoms with E-state index in [0.717, 1.165) is 11.8 Å². The highest BCUT2D eigenvalue weighted by Gasteiger charge is 2.19. The van der Waals surface area contributed by atoms with Gasteiger partial charge in [0.25, 0.3) is 0 Å². The minimum absolute atomic E-state index is 0.935. The van der Waals surface area contributed by atoms with Crippen LogP contribution in [0.4, 0.5) is 0 Å². The van der Waals surface area contributed by atoms with E-state index in [-0.39, 0.29) is 0 Å². The molecule has 1 saturated heterocycles. The first-order chi connectivity index (χ1) is 7.74. The molecule has 0 aromatic rings. The molecular formula is C15H31N. The first-order valence-corrected chi connectivity index (χ1v) is 7.46. The topological polar surface area (TPSA) is 3.24 Å². The van der Waals surface area contributed by atoms with Gasteiger partial charge < -0.3 is 4.90 Å². The standard InChI is InChI=1S/C15H31N/c1-4-5-6-7-8-11-16-12-9-14(2)15(3)10-13-16/h14-15H,4-13H2,1-3H3/t14-,15?/m0/s1. The molecule has 1 heterocycles. The second kappa shape index (κ2) is 8.11. The Morgan fingerprint density at radius 2 is 1.44 bits per heavy atom. The molecule has 1 aliphatic heterocycles. The lowest BCUT2D eigenvalue weighted by molar-refractivity contribution is 0.273. The molecule has 0 radical (unpaired) electrons. The summed E-state index contributed by atoms with van der Waals surface area (Å²) in [5, 5.41) is 0. The van der Waals surface area contributed by atoms with Gasteiger partial charge in [-0.3, -0.25) is 0 Å².